The first kappa shape index (κ1) is 19.7. The maximum absolute atomic E-state index is 9.54. The number of aliphatic imine (C=N–C) groups is 1. The highest BCUT2D eigenvalue weighted by Crippen LogP contribution is 2.41. The Morgan fingerprint density at radius 2 is 1.65 bits per heavy atom. The monoisotopic (exact) mass is 416 g/mol. The molecular weight excluding hydrogens is 388 g/mol. The summed E-state index contributed by atoms with van der Waals surface area (Å²) in [6, 6.07) is 18.0. The molecule has 1 saturated carbocycles. The molecule has 5 rings (SSSR count). The molecule has 2 aliphatic heterocycles. The number of nitrogens with zero attached hydrogens (tertiary/aromatic N) is 3. The minimum atomic E-state index is 0.154. The van der Waals surface area contributed by atoms with E-state index in [1.807, 2.05) is 48.7 Å². The van der Waals surface area contributed by atoms with Crippen molar-refractivity contribution in [2.75, 3.05) is 11.5 Å². The lowest BCUT2D eigenvalue weighted by Gasteiger charge is -2.41. The lowest BCUT2D eigenvalue weighted by molar-refractivity contribution is 0.136. The maximum Gasteiger partial charge on any atom is 0.148 e. The number of fused-ring (bicyclic) bond motifs is 1. The molecular formula is C25H28N4O2. The smallest absolute Gasteiger partial charge is 0.148 e. The molecule has 160 valence electrons. The van der Waals surface area contributed by atoms with Gasteiger partial charge in [-0.3, -0.25) is 0 Å². The first-order valence-corrected chi connectivity index (χ1v) is 11.0. The summed E-state index contributed by atoms with van der Waals surface area (Å²) < 4.78 is 5.96. The van der Waals surface area contributed by atoms with E-state index >= 15 is 0 Å². The van der Waals surface area contributed by atoms with Crippen LogP contribution in [-0.4, -0.2) is 28.6 Å². The molecule has 6 heteroatoms. The predicted octanol–water partition coefficient (Wildman–Crippen LogP) is 4.41. The molecule has 1 unspecified atom stereocenters. The summed E-state index contributed by atoms with van der Waals surface area (Å²) in [5.74, 6) is 3.08. The fraction of sp³-hybridized carbons (Fsp3) is 0.320. The maximum atomic E-state index is 9.54. The van der Waals surface area contributed by atoms with E-state index in [4.69, 9.17) is 10.5 Å². The van der Waals surface area contributed by atoms with Crippen LogP contribution in [0.3, 0.4) is 0 Å². The van der Waals surface area contributed by atoms with Crippen LogP contribution in [0.15, 0.2) is 83.9 Å². The van der Waals surface area contributed by atoms with Crippen molar-refractivity contribution in [1.82, 2.24) is 4.90 Å². The number of nitrogens with two attached hydrogens (primary N) is 1. The summed E-state index contributed by atoms with van der Waals surface area (Å²) in [6.07, 6.45) is 10.4. The predicted molar refractivity (Wildman–Crippen MR) is 122 cm³/mol. The zero-order valence-corrected chi connectivity index (χ0v) is 17.5. The molecule has 2 aromatic rings. The molecule has 0 bridgehead atoms. The topological polar surface area (TPSA) is 74.3 Å². The Balaban J connectivity index is 1.40. The molecule has 3 aliphatic rings. The number of para-hydroxylation sites is 1. The Morgan fingerprint density at radius 1 is 0.935 bits per heavy atom. The van der Waals surface area contributed by atoms with Gasteiger partial charge in [-0.25, -0.2) is 4.99 Å². The summed E-state index contributed by atoms with van der Waals surface area (Å²) in [6.45, 7) is 0.288. The van der Waals surface area contributed by atoms with Crippen molar-refractivity contribution in [3.8, 4) is 11.5 Å². The van der Waals surface area contributed by atoms with Crippen molar-refractivity contribution in [2.24, 2.45) is 22.6 Å². The largest absolute Gasteiger partial charge is 0.457 e. The summed E-state index contributed by atoms with van der Waals surface area (Å²) in [5.41, 5.74) is 8.26. The highest BCUT2D eigenvalue weighted by molar-refractivity contribution is 5.98. The molecule has 1 atom stereocenters. The Kier molecular flexibility index (Phi) is 5.38. The second-order valence-corrected chi connectivity index (χ2v) is 8.43. The fourth-order valence-corrected chi connectivity index (χ4v) is 4.83. The summed E-state index contributed by atoms with van der Waals surface area (Å²) >= 11 is 0. The second-order valence-electron chi connectivity index (χ2n) is 8.43. The van der Waals surface area contributed by atoms with Gasteiger partial charge in [-0.05, 0) is 73.9 Å². The minimum absolute atomic E-state index is 0.154. The van der Waals surface area contributed by atoms with Gasteiger partial charge in [0.2, 0.25) is 0 Å². The molecule has 0 saturated heterocycles. The van der Waals surface area contributed by atoms with Crippen LogP contribution in [0, 0.1) is 11.8 Å². The third-order valence-electron chi connectivity index (χ3n) is 6.50. The van der Waals surface area contributed by atoms with E-state index in [0.29, 0.717) is 17.7 Å². The number of aliphatic hydroxyl groups is 1. The average molecular weight is 417 g/mol. The van der Waals surface area contributed by atoms with Crippen LogP contribution in [0.1, 0.15) is 25.7 Å². The average Bonchev–Trinajstić information content (AvgIpc) is 3.21. The van der Waals surface area contributed by atoms with Crippen LogP contribution < -0.4 is 15.4 Å². The first-order valence-electron chi connectivity index (χ1n) is 11.0. The van der Waals surface area contributed by atoms with E-state index < -0.39 is 0 Å². The zero-order valence-electron chi connectivity index (χ0n) is 17.5. The van der Waals surface area contributed by atoms with Gasteiger partial charge in [0.15, 0.2) is 0 Å². The Hall–Kier alpha value is -3.25. The lowest BCUT2D eigenvalue weighted by atomic mass is 9.80. The SMILES string of the molecule is NC1=NC=CN2C1=CN(c1ccc(Oc3ccccc3)cc1)C2[C@H]1CC[C@H](CO)CC1. The van der Waals surface area contributed by atoms with Crippen LogP contribution in [-0.2, 0) is 0 Å². The number of hydrogen-bond acceptors (Lipinski definition) is 6. The molecule has 0 radical (unpaired) electrons. The van der Waals surface area contributed by atoms with Gasteiger partial charge in [0, 0.05) is 30.9 Å². The Labute approximate surface area is 182 Å². The van der Waals surface area contributed by atoms with Crippen molar-refractivity contribution in [2.45, 2.75) is 31.8 Å². The standard InChI is InChI=1S/C25H28N4O2/c26-24-23-16-29(20-10-12-22(13-11-20)31-21-4-2-1-3-5-21)25(28(23)15-14-27-24)19-8-6-18(17-30)7-9-19/h1-5,10-16,18-19,25,30H,6-9,17H2,(H2,26,27)/t18-,19-,25?. The van der Waals surface area contributed by atoms with Crippen molar-refractivity contribution < 1.29 is 9.84 Å². The van der Waals surface area contributed by atoms with Gasteiger partial charge in [0.25, 0.3) is 0 Å². The van der Waals surface area contributed by atoms with Crippen molar-refractivity contribution in [3.63, 3.8) is 0 Å². The Morgan fingerprint density at radius 3 is 2.35 bits per heavy atom. The van der Waals surface area contributed by atoms with Crippen molar-refractivity contribution >= 4 is 11.5 Å². The summed E-state index contributed by atoms with van der Waals surface area (Å²) in [5, 5.41) is 9.54. The van der Waals surface area contributed by atoms with Crippen LogP contribution in [0.25, 0.3) is 0 Å². The summed E-state index contributed by atoms with van der Waals surface area (Å²) in [4.78, 5) is 8.85. The molecule has 31 heavy (non-hydrogen) atoms. The number of aliphatic hydroxyl groups excluding tert-OH is 1. The van der Waals surface area contributed by atoms with E-state index in [9.17, 15) is 5.11 Å². The molecule has 3 N–H and O–H groups in total. The third kappa shape index (κ3) is 3.91. The number of amidine groups is 1. The fourth-order valence-electron chi connectivity index (χ4n) is 4.83. The van der Waals surface area contributed by atoms with Gasteiger partial charge in [0.05, 0.1) is 0 Å². The summed E-state index contributed by atoms with van der Waals surface area (Å²) in [7, 11) is 0. The number of rotatable bonds is 5. The van der Waals surface area contributed by atoms with Gasteiger partial charge in [0.1, 0.15) is 29.2 Å². The lowest BCUT2D eigenvalue weighted by Crippen LogP contribution is -2.46. The van der Waals surface area contributed by atoms with E-state index in [2.05, 4.69) is 33.1 Å². The molecule has 0 spiro atoms. The van der Waals surface area contributed by atoms with E-state index in [0.717, 1.165) is 48.6 Å². The van der Waals surface area contributed by atoms with Crippen molar-refractivity contribution in [3.05, 3.63) is 78.9 Å². The van der Waals surface area contributed by atoms with Crippen LogP contribution in [0.5, 0.6) is 11.5 Å². The molecule has 6 nitrogen and oxygen atoms in total. The second kappa shape index (κ2) is 8.47. The highest BCUT2D eigenvalue weighted by atomic mass is 16.5. The normalized spacial score (nSPS) is 25.1. The van der Waals surface area contributed by atoms with Crippen LogP contribution in [0.2, 0.25) is 0 Å². The van der Waals surface area contributed by atoms with Crippen LogP contribution in [0.4, 0.5) is 5.69 Å². The van der Waals surface area contributed by atoms with Gasteiger partial charge in [-0.15, -0.1) is 0 Å². The van der Waals surface area contributed by atoms with E-state index in [1.54, 1.807) is 6.20 Å². The number of ether oxygens (including phenoxy) is 1. The molecule has 2 aromatic carbocycles. The van der Waals surface area contributed by atoms with Gasteiger partial charge in [-0.2, -0.15) is 0 Å². The minimum Gasteiger partial charge on any atom is -0.457 e. The van der Waals surface area contributed by atoms with Gasteiger partial charge >= 0.3 is 0 Å². The van der Waals surface area contributed by atoms with Crippen molar-refractivity contribution in [1.29, 1.82) is 0 Å². The van der Waals surface area contributed by atoms with E-state index in [1.165, 1.54) is 0 Å². The molecule has 0 aromatic heterocycles. The number of hydrogen-bond donors (Lipinski definition) is 2. The quantitative estimate of drug-likeness (QED) is 0.755. The first-order chi connectivity index (χ1) is 15.2. The van der Waals surface area contributed by atoms with Gasteiger partial charge in [-0.1, -0.05) is 18.2 Å². The zero-order chi connectivity index (χ0) is 21.2. The Bertz CT molecular complexity index is 992. The molecule has 1 fully saturated rings. The third-order valence-corrected chi connectivity index (χ3v) is 6.50. The molecule has 2 heterocycles. The number of anilines is 1. The van der Waals surface area contributed by atoms with Crippen LogP contribution >= 0.6 is 0 Å². The number of benzene rings is 2. The molecule has 1 aliphatic carbocycles. The van der Waals surface area contributed by atoms with Gasteiger partial charge < -0.3 is 25.4 Å². The van der Waals surface area contributed by atoms with E-state index in [-0.39, 0.29) is 12.8 Å². The molecule has 0 amide bonds. The highest BCUT2D eigenvalue weighted by Gasteiger charge is 2.40.